The summed E-state index contributed by atoms with van der Waals surface area (Å²) in [5.41, 5.74) is 8.46. The van der Waals surface area contributed by atoms with Crippen LogP contribution in [0.25, 0.3) is 0 Å². The van der Waals surface area contributed by atoms with Crippen molar-refractivity contribution in [2.75, 3.05) is 17.2 Å². The highest BCUT2D eigenvalue weighted by molar-refractivity contribution is 5.95. The third-order valence-electron chi connectivity index (χ3n) is 6.48. The first-order valence-corrected chi connectivity index (χ1v) is 12.2. The van der Waals surface area contributed by atoms with E-state index >= 15 is 0 Å². The lowest BCUT2D eigenvalue weighted by molar-refractivity contribution is -0.118. The van der Waals surface area contributed by atoms with Crippen molar-refractivity contribution in [3.8, 4) is 0 Å². The summed E-state index contributed by atoms with van der Waals surface area (Å²) in [6, 6.07) is 19.2. The molecule has 182 valence electrons. The Balaban J connectivity index is 1.66. The van der Waals surface area contributed by atoms with Crippen molar-refractivity contribution in [2.24, 2.45) is 0 Å². The van der Waals surface area contributed by atoms with Crippen molar-refractivity contribution in [3.63, 3.8) is 0 Å². The molecular formula is C28H32N4O3. The zero-order valence-electron chi connectivity index (χ0n) is 19.9. The minimum atomic E-state index is -0.637. The topological polar surface area (TPSA) is 101 Å². The van der Waals surface area contributed by atoms with Gasteiger partial charge in [-0.25, -0.2) is 4.79 Å². The van der Waals surface area contributed by atoms with E-state index in [0.29, 0.717) is 19.4 Å². The number of H-pyrrole nitrogens is 1. The molecule has 0 bridgehead atoms. The summed E-state index contributed by atoms with van der Waals surface area (Å²) < 4.78 is 1.32. The van der Waals surface area contributed by atoms with Crippen LogP contribution < -0.4 is 21.9 Å². The number of hydrogen-bond donors (Lipinski definition) is 2. The Morgan fingerprint density at radius 2 is 1.63 bits per heavy atom. The Hall–Kier alpha value is -3.87. The summed E-state index contributed by atoms with van der Waals surface area (Å²) in [6.45, 7) is 0.544. The highest BCUT2D eigenvalue weighted by atomic mass is 16.2. The zero-order valence-corrected chi connectivity index (χ0v) is 19.9. The second-order valence-electron chi connectivity index (χ2n) is 8.95. The summed E-state index contributed by atoms with van der Waals surface area (Å²) in [5, 5.41) is 0. The van der Waals surface area contributed by atoms with Gasteiger partial charge < -0.3 is 10.6 Å². The average molecular weight is 473 g/mol. The van der Waals surface area contributed by atoms with Gasteiger partial charge in [0.25, 0.3) is 5.56 Å². The van der Waals surface area contributed by atoms with E-state index < -0.39 is 11.2 Å². The van der Waals surface area contributed by atoms with E-state index in [4.69, 9.17) is 5.73 Å². The van der Waals surface area contributed by atoms with Crippen LogP contribution in [0, 0.1) is 0 Å². The summed E-state index contributed by atoms with van der Waals surface area (Å²) in [5.74, 6) is -0.180. The van der Waals surface area contributed by atoms with Gasteiger partial charge in [0, 0.05) is 13.0 Å². The van der Waals surface area contributed by atoms with Crippen molar-refractivity contribution < 1.29 is 4.79 Å². The summed E-state index contributed by atoms with van der Waals surface area (Å²) in [7, 11) is 0. The lowest BCUT2D eigenvalue weighted by atomic mass is 9.97. The number of benzene rings is 2. The molecule has 1 aromatic heterocycles. The zero-order chi connectivity index (χ0) is 24.6. The Labute approximate surface area is 204 Å². The van der Waals surface area contributed by atoms with E-state index in [2.05, 4.69) is 11.1 Å². The highest BCUT2D eigenvalue weighted by Crippen LogP contribution is 2.24. The number of anilines is 2. The molecule has 0 atom stereocenters. The second kappa shape index (κ2) is 11.5. The number of nitrogen functional groups attached to an aromatic ring is 1. The molecule has 0 aliphatic heterocycles. The van der Waals surface area contributed by atoms with Gasteiger partial charge in [-0.1, -0.05) is 72.3 Å². The van der Waals surface area contributed by atoms with Crippen LogP contribution in [-0.4, -0.2) is 22.0 Å². The van der Waals surface area contributed by atoms with Gasteiger partial charge in [-0.2, -0.15) is 0 Å². The molecule has 0 saturated heterocycles. The second-order valence-corrected chi connectivity index (χ2v) is 8.95. The minimum Gasteiger partial charge on any atom is -0.383 e. The quantitative estimate of drug-likeness (QED) is 0.459. The van der Waals surface area contributed by atoms with E-state index in [0.717, 1.165) is 30.4 Å². The molecular weight excluding hydrogens is 440 g/mol. The average Bonchev–Trinajstić information content (AvgIpc) is 2.88. The summed E-state index contributed by atoms with van der Waals surface area (Å²) in [4.78, 5) is 42.9. The monoisotopic (exact) mass is 472 g/mol. The minimum absolute atomic E-state index is 0.00767. The SMILES string of the molecule is Nc1c(N(CCC2=CCCCC2)C(=O)CCc2ccccc2)c(=O)[nH]c(=O)n1Cc1ccccc1. The van der Waals surface area contributed by atoms with Crippen LogP contribution in [0.5, 0.6) is 0 Å². The Bertz CT molecular complexity index is 1290. The van der Waals surface area contributed by atoms with Crippen molar-refractivity contribution in [3.05, 3.63) is 104 Å². The first-order chi connectivity index (χ1) is 17.0. The lowest BCUT2D eigenvalue weighted by Crippen LogP contribution is -2.42. The number of nitrogens with two attached hydrogens (primary N) is 1. The lowest BCUT2D eigenvalue weighted by Gasteiger charge is -2.26. The number of amides is 1. The molecule has 7 nitrogen and oxygen atoms in total. The van der Waals surface area contributed by atoms with Crippen LogP contribution in [0.15, 0.2) is 81.9 Å². The van der Waals surface area contributed by atoms with E-state index in [-0.39, 0.29) is 30.4 Å². The fourth-order valence-corrected chi connectivity index (χ4v) is 4.54. The predicted octanol–water partition coefficient (Wildman–Crippen LogP) is 4.02. The summed E-state index contributed by atoms with van der Waals surface area (Å²) >= 11 is 0. The van der Waals surface area contributed by atoms with Crippen molar-refractivity contribution in [1.29, 1.82) is 0 Å². The molecule has 3 aromatic rings. The Morgan fingerprint density at radius 3 is 2.29 bits per heavy atom. The first kappa shape index (κ1) is 24.3. The largest absolute Gasteiger partial charge is 0.383 e. The van der Waals surface area contributed by atoms with Crippen molar-refractivity contribution in [1.82, 2.24) is 9.55 Å². The van der Waals surface area contributed by atoms with Crippen LogP contribution in [0.1, 0.15) is 49.7 Å². The molecule has 1 heterocycles. The number of nitrogens with one attached hydrogen (secondary N) is 1. The molecule has 35 heavy (non-hydrogen) atoms. The van der Waals surface area contributed by atoms with Gasteiger partial charge in [-0.3, -0.25) is 19.1 Å². The van der Waals surface area contributed by atoms with Gasteiger partial charge in [0.2, 0.25) is 5.91 Å². The maximum Gasteiger partial charge on any atom is 0.330 e. The van der Waals surface area contributed by atoms with Crippen molar-refractivity contribution >= 4 is 17.4 Å². The molecule has 2 aromatic carbocycles. The molecule has 0 fully saturated rings. The van der Waals surface area contributed by atoms with Gasteiger partial charge in [0.05, 0.1) is 6.54 Å². The maximum absolute atomic E-state index is 13.5. The number of carbonyl (C=O) groups excluding carboxylic acids is 1. The number of aromatic nitrogens is 2. The number of hydrogen-bond acceptors (Lipinski definition) is 4. The number of nitrogens with zero attached hydrogens (tertiary/aromatic N) is 2. The summed E-state index contributed by atoms with van der Waals surface area (Å²) in [6.07, 6.45) is 8.07. The Kier molecular flexibility index (Phi) is 7.98. The van der Waals surface area contributed by atoms with E-state index in [1.165, 1.54) is 21.5 Å². The van der Waals surface area contributed by atoms with E-state index in [9.17, 15) is 14.4 Å². The fourth-order valence-electron chi connectivity index (χ4n) is 4.54. The van der Waals surface area contributed by atoms with Crippen LogP contribution in [-0.2, 0) is 17.8 Å². The Morgan fingerprint density at radius 1 is 0.943 bits per heavy atom. The van der Waals surface area contributed by atoms with Crippen LogP contribution in [0.3, 0.4) is 0 Å². The fraction of sp³-hybridized carbons (Fsp3) is 0.321. The number of carbonyl (C=O) groups is 1. The molecule has 7 heteroatoms. The molecule has 0 saturated carbocycles. The normalized spacial score (nSPS) is 13.3. The van der Waals surface area contributed by atoms with Crippen LogP contribution in [0.4, 0.5) is 11.5 Å². The maximum atomic E-state index is 13.5. The van der Waals surface area contributed by atoms with E-state index in [1.54, 1.807) is 0 Å². The highest BCUT2D eigenvalue weighted by Gasteiger charge is 2.24. The van der Waals surface area contributed by atoms with Crippen LogP contribution >= 0.6 is 0 Å². The van der Waals surface area contributed by atoms with Crippen LogP contribution in [0.2, 0.25) is 0 Å². The molecule has 0 radical (unpaired) electrons. The predicted molar refractivity (Wildman–Crippen MR) is 140 cm³/mol. The first-order valence-electron chi connectivity index (χ1n) is 12.2. The third kappa shape index (κ3) is 6.18. The van der Waals surface area contributed by atoms with Crippen molar-refractivity contribution in [2.45, 2.75) is 51.5 Å². The third-order valence-corrected chi connectivity index (χ3v) is 6.48. The van der Waals surface area contributed by atoms with Gasteiger partial charge in [0.1, 0.15) is 5.82 Å². The molecule has 1 amide bonds. The molecule has 0 unspecified atom stereocenters. The van der Waals surface area contributed by atoms with E-state index in [1.807, 2.05) is 60.7 Å². The number of rotatable bonds is 9. The molecule has 0 spiro atoms. The number of aryl methyl sites for hydroxylation is 1. The molecule has 3 N–H and O–H groups in total. The van der Waals surface area contributed by atoms with Gasteiger partial charge >= 0.3 is 5.69 Å². The number of aromatic amines is 1. The van der Waals surface area contributed by atoms with Gasteiger partial charge in [-0.15, -0.1) is 0 Å². The standard InChI is InChI=1S/C28H32N4O3/c29-26-25(27(34)30-28(35)32(26)20-23-14-8-3-9-15-23)31(19-18-22-12-6-2-7-13-22)24(33)17-16-21-10-4-1-5-11-21/h1,3-5,8-12,14-15H,2,6-7,13,16-20,29H2,(H,30,34,35). The molecule has 4 rings (SSSR count). The number of allylic oxidation sites excluding steroid dienone is 1. The van der Waals surface area contributed by atoms with Gasteiger partial charge in [0.15, 0.2) is 5.69 Å². The molecule has 1 aliphatic carbocycles. The molecule has 1 aliphatic rings. The smallest absolute Gasteiger partial charge is 0.330 e. The van der Waals surface area contributed by atoms with Gasteiger partial charge in [-0.05, 0) is 49.7 Å².